The van der Waals surface area contributed by atoms with Crippen LogP contribution in [0.2, 0.25) is 0 Å². The van der Waals surface area contributed by atoms with Gasteiger partial charge in [0.15, 0.2) is 0 Å². The smallest absolute Gasteiger partial charge is 0.123 e. The van der Waals surface area contributed by atoms with Gasteiger partial charge in [0, 0.05) is 0 Å². The monoisotopic (exact) mass is 266 g/mol. The highest BCUT2D eigenvalue weighted by Crippen LogP contribution is 2.16. The van der Waals surface area contributed by atoms with Gasteiger partial charge in [0.1, 0.15) is 11.6 Å². The molecule has 0 fully saturated rings. The Balaban J connectivity index is 2.17. The minimum absolute atomic E-state index is 0.271. The Morgan fingerprint density at radius 2 is 1.45 bits per heavy atom. The van der Waals surface area contributed by atoms with Crippen LogP contribution in [-0.2, 0) is 0 Å². The predicted molar refractivity (Wildman–Crippen MR) is 76.9 cm³/mol. The molecule has 0 N–H and O–H groups in total. The molecule has 0 aliphatic carbocycles. The molecule has 98 valence electrons. The van der Waals surface area contributed by atoms with E-state index in [0.717, 1.165) is 11.1 Å². The van der Waals surface area contributed by atoms with E-state index < -0.39 is 0 Å². The van der Waals surface area contributed by atoms with Crippen molar-refractivity contribution < 1.29 is 8.78 Å². The van der Waals surface area contributed by atoms with E-state index in [1.807, 2.05) is 0 Å². The van der Waals surface area contributed by atoms with Crippen LogP contribution >= 0.6 is 0 Å². The number of terminal acetylenes is 1. The topological polar surface area (TPSA) is 0 Å². The minimum Gasteiger partial charge on any atom is -0.207 e. The van der Waals surface area contributed by atoms with E-state index in [2.05, 4.69) is 11.7 Å². The molecule has 2 aromatic carbocycles. The molecule has 0 radical (unpaired) electrons. The number of halogens is 2. The van der Waals surface area contributed by atoms with Crippen LogP contribution in [0.3, 0.4) is 0 Å². The molecule has 0 aromatic heterocycles. The Hall–Kier alpha value is -2.62. The van der Waals surface area contributed by atoms with Crippen LogP contribution < -0.4 is 0 Å². The molecule has 0 heterocycles. The molecule has 0 bridgehead atoms. The Morgan fingerprint density at radius 3 is 2.00 bits per heavy atom. The molecule has 2 aromatic rings. The SMILES string of the molecule is C#CC(C=C=Cc1ccc(F)cc1)c1ccc(F)cc1. The van der Waals surface area contributed by atoms with E-state index in [9.17, 15) is 8.78 Å². The van der Waals surface area contributed by atoms with Crippen LogP contribution in [0.25, 0.3) is 6.08 Å². The average molecular weight is 266 g/mol. The van der Waals surface area contributed by atoms with Crippen molar-refractivity contribution in [2.45, 2.75) is 5.92 Å². The van der Waals surface area contributed by atoms with E-state index in [0.29, 0.717) is 0 Å². The molecule has 2 rings (SSSR count). The second-order valence-corrected chi connectivity index (χ2v) is 4.23. The number of hydrogen-bond acceptors (Lipinski definition) is 0. The molecule has 0 amide bonds. The second kappa shape index (κ2) is 6.52. The molecular formula is C18H12F2. The summed E-state index contributed by atoms with van der Waals surface area (Å²) in [5.41, 5.74) is 4.64. The van der Waals surface area contributed by atoms with Gasteiger partial charge in [-0.15, -0.1) is 12.2 Å². The van der Waals surface area contributed by atoms with Crippen molar-refractivity contribution in [3.63, 3.8) is 0 Å². The maximum atomic E-state index is 12.8. The number of allylic oxidation sites excluding steroid dienone is 1. The van der Waals surface area contributed by atoms with Gasteiger partial charge in [0.05, 0.1) is 5.92 Å². The summed E-state index contributed by atoms with van der Waals surface area (Å²) in [6, 6.07) is 12.1. The first-order valence-corrected chi connectivity index (χ1v) is 6.09. The number of benzene rings is 2. The molecule has 0 aliphatic rings. The number of rotatable bonds is 3. The van der Waals surface area contributed by atoms with Gasteiger partial charge in [0.2, 0.25) is 0 Å². The second-order valence-electron chi connectivity index (χ2n) is 4.23. The first kappa shape index (κ1) is 13.8. The van der Waals surface area contributed by atoms with Crippen LogP contribution in [0.4, 0.5) is 8.78 Å². The van der Waals surface area contributed by atoms with E-state index in [1.165, 1.54) is 24.3 Å². The van der Waals surface area contributed by atoms with Gasteiger partial charge in [-0.05, 0) is 47.5 Å². The summed E-state index contributed by atoms with van der Waals surface area (Å²) >= 11 is 0. The maximum absolute atomic E-state index is 12.8. The summed E-state index contributed by atoms with van der Waals surface area (Å²) < 4.78 is 25.6. The molecule has 1 unspecified atom stereocenters. The lowest BCUT2D eigenvalue weighted by atomic mass is 10.00. The zero-order valence-electron chi connectivity index (χ0n) is 10.7. The normalized spacial score (nSPS) is 11.1. The number of hydrogen-bond donors (Lipinski definition) is 0. The standard InChI is InChI=1S/C18H12F2/c1-2-15(16-8-12-18(20)13-9-16)5-3-4-14-6-10-17(19)11-7-14/h1,4-13,15H. The molecule has 2 heteroatoms. The lowest BCUT2D eigenvalue weighted by molar-refractivity contribution is 0.627. The van der Waals surface area contributed by atoms with Crippen LogP contribution in [0, 0.1) is 24.0 Å². The van der Waals surface area contributed by atoms with Crippen molar-refractivity contribution >= 4 is 6.08 Å². The fraction of sp³-hybridized carbons (Fsp3) is 0.0556. The van der Waals surface area contributed by atoms with Crippen LogP contribution in [0.1, 0.15) is 17.0 Å². The zero-order valence-corrected chi connectivity index (χ0v) is 10.7. The third-order valence-corrected chi connectivity index (χ3v) is 2.79. The van der Waals surface area contributed by atoms with Crippen molar-refractivity contribution in [2.75, 3.05) is 0 Å². The van der Waals surface area contributed by atoms with Gasteiger partial charge in [-0.3, -0.25) is 0 Å². The van der Waals surface area contributed by atoms with Crippen molar-refractivity contribution in [3.8, 4) is 12.3 Å². The first-order valence-electron chi connectivity index (χ1n) is 6.09. The van der Waals surface area contributed by atoms with Gasteiger partial charge in [-0.1, -0.05) is 30.2 Å². The highest BCUT2D eigenvalue weighted by molar-refractivity contribution is 5.49. The lowest BCUT2D eigenvalue weighted by Crippen LogP contribution is -1.90. The Bertz CT molecular complexity index is 667. The predicted octanol–water partition coefficient (Wildman–Crippen LogP) is 4.55. The summed E-state index contributed by atoms with van der Waals surface area (Å²) in [5.74, 6) is 1.77. The Labute approximate surface area is 117 Å². The van der Waals surface area contributed by atoms with Gasteiger partial charge in [-0.2, -0.15) is 0 Å². The fourth-order valence-corrected chi connectivity index (χ4v) is 1.71. The zero-order chi connectivity index (χ0) is 14.4. The van der Waals surface area contributed by atoms with Crippen molar-refractivity contribution in [1.82, 2.24) is 0 Å². The van der Waals surface area contributed by atoms with Crippen LogP contribution in [0.15, 0.2) is 60.3 Å². The van der Waals surface area contributed by atoms with Crippen LogP contribution in [-0.4, -0.2) is 0 Å². The first-order chi connectivity index (χ1) is 9.69. The third kappa shape index (κ3) is 3.68. The highest BCUT2D eigenvalue weighted by atomic mass is 19.1. The molecule has 0 aliphatic heterocycles. The molecule has 0 spiro atoms. The van der Waals surface area contributed by atoms with Crippen LogP contribution in [0.5, 0.6) is 0 Å². The summed E-state index contributed by atoms with van der Waals surface area (Å²) in [7, 11) is 0. The summed E-state index contributed by atoms with van der Waals surface area (Å²) in [4.78, 5) is 0. The third-order valence-electron chi connectivity index (χ3n) is 2.79. The highest BCUT2D eigenvalue weighted by Gasteiger charge is 2.03. The quantitative estimate of drug-likeness (QED) is 0.564. The van der Waals surface area contributed by atoms with Crippen molar-refractivity contribution in [2.24, 2.45) is 0 Å². The Kier molecular flexibility index (Phi) is 4.50. The summed E-state index contributed by atoms with van der Waals surface area (Å²) in [6.07, 6.45) is 8.90. The van der Waals surface area contributed by atoms with Gasteiger partial charge in [0.25, 0.3) is 0 Å². The van der Waals surface area contributed by atoms with E-state index in [4.69, 9.17) is 6.42 Å². The van der Waals surface area contributed by atoms with Gasteiger partial charge < -0.3 is 0 Å². The molecule has 0 saturated heterocycles. The lowest BCUT2D eigenvalue weighted by Gasteiger charge is -2.03. The molecule has 0 nitrogen and oxygen atoms in total. The molecule has 0 saturated carbocycles. The van der Waals surface area contributed by atoms with E-state index in [1.54, 1.807) is 36.4 Å². The van der Waals surface area contributed by atoms with E-state index in [-0.39, 0.29) is 17.6 Å². The van der Waals surface area contributed by atoms with Crippen molar-refractivity contribution in [3.05, 3.63) is 83.1 Å². The Morgan fingerprint density at radius 1 is 0.900 bits per heavy atom. The minimum atomic E-state index is -0.296. The van der Waals surface area contributed by atoms with Gasteiger partial charge >= 0.3 is 0 Å². The molecule has 1 atom stereocenters. The largest absolute Gasteiger partial charge is 0.207 e. The average Bonchev–Trinajstić information content (AvgIpc) is 2.47. The maximum Gasteiger partial charge on any atom is 0.123 e. The fourth-order valence-electron chi connectivity index (χ4n) is 1.71. The summed E-state index contributed by atoms with van der Waals surface area (Å²) in [5, 5.41) is 0. The summed E-state index contributed by atoms with van der Waals surface area (Å²) in [6.45, 7) is 0. The van der Waals surface area contributed by atoms with Crippen molar-refractivity contribution in [1.29, 1.82) is 0 Å². The molecular weight excluding hydrogens is 254 g/mol. The molecule has 20 heavy (non-hydrogen) atoms. The van der Waals surface area contributed by atoms with E-state index >= 15 is 0 Å². The van der Waals surface area contributed by atoms with Gasteiger partial charge in [-0.25, -0.2) is 8.78 Å².